The van der Waals surface area contributed by atoms with Crippen molar-refractivity contribution in [2.75, 3.05) is 23.9 Å². The van der Waals surface area contributed by atoms with Gasteiger partial charge in [-0.05, 0) is 54.0 Å². The van der Waals surface area contributed by atoms with Gasteiger partial charge in [0, 0.05) is 11.8 Å². The van der Waals surface area contributed by atoms with E-state index in [4.69, 9.17) is 14.0 Å². The maximum Gasteiger partial charge on any atom is 0.416 e. The Hall–Kier alpha value is -3.25. The van der Waals surface area contributed by atoms with Crippen molar-refractivity contribution in [2.24, 2.45) is 0 Å². The first-order valence-electron chi connectivity index (χ1n) is 9.78. The van der Waals surface area contributed by atoms with Crippen LogP contribution in [0.15, 0.2) is 39.5 Å². The highest BCUT2D eigenvalue weighted by molar-refractivity contribution is 9.10. The van der Waals surface area contributed by atoms with Crippen molar-refractivity contribution in [1.82, 2.24) is 20.1 Å². The number of carbonyl (C=O) groups excluding carboxylic acids is 1. The number of nitrogens with zero attached hydrogens (tertiary/aromatic N) is 5. The van der Waals surface area contributed by atoms with Crippen molar-refractivity contribution in [1.29, 1.82) is 0 Å². The first-order valence-corrected chi connectivity index (χ1v) is 10.6. The average molecular weight is 505 g/mol. The topological polar surface area (TPSA) is 136 Å². The van der Waals surface area contributed by atoms with E-state index in [1.807, 2.05) is 19.1 Å². The van der Waals surface area contributed by atoms with E-state index in [2.05, 4.69) is 41.4 Å². The van der Waals surface area contributed by atoms with Crippen LogP contribution < -0.4 is 15.0 Å². The van der Waals surface area contributed by atoms with Crippen molar-refractivity contribution in [2.45, 2.75) is 32.0 Å². The van der Waals surface area contributed by atoms with Gasteiger partial charge < -0.3 is 24.4 Å². The summed E-state index contributed by atoms with van der Waals surface area (Å²) in [7, 11) is 1.58. The maximum atomic E-state index is 12.1. The molecule has 4 rings (SSSR count). The van der Waals surface area contributed by atoms with E-state index in [-0.39, 0.29) is 12.6 Å². The van der Waals surface area contributed by atoms with Crippen molar-refractivity contribution in [3.63, 3.8) is 0 Å². The van der Waals surface area contributed by atoms with E-state index < -0.39 is 24.3 Å². The van der Waals surface area contributed by atoms with Crippen LogP contribution in [0.3, 0.4) is 0 Å². The molecule has 2 aromatic heterocycles. The molecule has 168 valence electrons. The van der Waals surface area contributed by atoms with Crippen molar-refractivity contribution in [3.05, 3.63) is 40.8 Å². The zero-order valence-electron chi connectivity index (χ0n) is 17.5. The number of hydrogen-bond donors (Lipinski definition) is 2. The largest absolute Gasteiger partial charge is 0.496 e. The van der Waals surface area contributed by atoms with E-state index in [0.29, 0.717) is 23.3 Å². The lowest BCUT2D eigenvalue weighted by Gasteiger charge is -2.22. The average Bonchev–Trinajstić information content (AvgIpc) is 3.41. The lowest BCUT2D eigenvalue weighted by atomic mass is 10.2. The Bertz CT molecular complexity index is 1120. The summed E-state index contributed by atoms with van der Waals surface area (Å²) >= 11 is 3.41. The standard InChI is InChI=1S/C20H21BrN6O5/c1-10(18-25-17(26-32-18)12-4-5-13(21)15(8-12)30-3)23-19-22-7-6-16(24-19)27-14(11(2)28)9-31-20(27)29/h4-8,10-11,14,28H,9H2,1-3H3,(H,22,23,24)/t10-,11+,14+/m0/s1. The molecule has 1 aliphatic rings. The number of rotatable bonds is 7. The molecule has 2 N–H and O–H groups in total. The number of amides is 1. The van der Waals surface area contributed by atoms with Crippen LogP contribution >= 0.6 is 15.9 Å². The summed E-state index contributed by atoms with van der Waals surface area (Å²) in [6.07, 6.45) is 0.163. The molecule has 32 heavy (non-hydrogen) atoms. The number of aliphatic hydroxyl groups excluding tert-OH is 1. The third kappa shape index (κ3) is 4.36. The van der Waals surface area contributed by atoms with Crippen molar-refractivity contribution < 1.29 is 23.9 Å². The number of methoxy groups -OCH3 is 1. The van der Waals surface area contributed by atoms with Crippen LogP contribution in [0.5, 0.6) is 5.75 Å². The molecular weight excluding hydrogens is 484 g/mol. The minimum atomic E-state index is -0.777. The SMILES string of the molecule is COc1cc(-c2noc([C@H](C)Nc3nccc(N4C(=O)OC[C@@H]4[C@@H](C)O)n3)n2)ccc1Br. The Morgan fingerprint density at radius 2 is 2.12 bits per heavy atom. The number of halogens is 1. The second-order valence-corrected chi connectivity index (χ2v) is 8.02. The monoisotopic (exact) mass is 504 g/mol. The van der Waals surface area contributed by atoms with E-state index in [9.17, 15) is 9.90 Å². The van der Waals surface area contributed by atoms with Crippen LogP contribution in [0.2, 0.25) is 0 Å². The quantitative estimate of drug-likeness (QED) is 0.493. The molecular formula is C20H21BrN6O5. The van der Waals surface area contributed by atoms with Crippen LogP contribution in [-0.2, 0) is 4.74 Å². The normalized spacial score (nSPS) is 17.7. The van der Waals surface area contributed by atoms with Gasteiger partial charge in [-0.3, -0.25) is 4.90 Å². The maximum absolute atomic E-state index is 12.1. The molecule has 0 aliphatic carbocycles. The number of aromatic nitrogens is 4. The molecule has 0 saturated carbocycles. The van der Waals surface area contributed by atoms with Gasteiger partial charge in [-0.15, -0.1) is 0 Å². The Balaban J connectivity index is 1.51. The summed E-state index contributed by atoms with van der Waals surface area (Å²) in [5.74, 6) is 1.97. The summed E-state index contributed by atoms with van der Waals surface area (Å²) < 4.78 is 16.6. The minimum absolute atomic E-state index is 0.0886. The molecule has 1 aliphatic heterocycles. The van der Waals surface area contributed by atoms with Crippen LogP contribution in [0.25, 0.3) is 11.4 Å². The highest BCUT2D eigenvalue weighted by atomic mass is 79.9. The zero-order valence-corrected chi connectivity index (χ0v) is 19.1. The van der Waals surface area contributed by atoms with Gasteiger partial charge in [0.25, 0.3) is 0 Å². The molecule has 1 fully saturated rings. The summed E-state index contributed by atoms with van der Waals surface area (Å²) in [5, 5.41) is 17.1. The minimum Gasteiger partial charge on any atom is -0.496 e. The summed E-state index contributed by atoms with van der Waals surface area (Å²) in [6, 6.07) is 6.13. The molecule has 1 saturated heterocycles. The third-order valence-corrected chi connectivity index (χ3v) is 5.57. The molecule has 0 spiro atoms. The molecule has 1 amide bonds. The lowest BCUT2D eigenvalue weighted by Crippen LogP contribution is -2.41. The first kappa shape index (κ1) is 22.0. The van der Waals surface area contributed by atoms with Gasteiger partial charge in [0.2, 0.25) is 17.7 Å². The van der Waals surface area contributed by atoms with E-state index in [1.54, 1.807) is 26.2 Å². The summed E-state index contributed by atoms with van der Waals surface area (Å²) in [6.45, 7) is 3.50. The number of nitrogens with one attached hydrogen (secondary N) is 1. The second-order valence-electron chi connectivity index (χ2n) is 7.16. The molecule has 3 aromatic rings. The molecule has 12 heteroatoms. The van der Waals surface area contributed by atoms with E-state index >= 15 is 0 Å². The fourth-order valence-corrected chi connectivity index (χ4v) is 3.60. The van der Waals surface area contributed by atoms with E-state index in [0.717, 1.165) is 10.0 Å². The fourth-order valence-electron chi connectivity index (χ4n) is 3.19. The highest BCUT2D eigenvalue weighted by Gasteiger charge is 2.38. The van der Waals surface area contributed by atoms with Gasteiger partial charge in [0.05, 0.1) is 17.7 Å². The van der Waals surface area contributed by atoms with Crippen LogP contribution in [0, 0.1) is 0 Å². The van der Waals surface area contributed by atoms with Crippen LogP contribution in [-0.4, -0.2) is 57.2 Å². The number of ether oxygens (including phenoxy) is 2. The number of cyclic esters (lactones) is 1. The highest BCUT2D eigenvalue weighted by Crippen LogP contribution is 2.30. The Morgan fingerprint density at radius 1 is 1.31 bits per heavy atom. The van der Waals surface area contributed by atoms with E-state index in [1.165, 1.54) is 11.1 Å². The van der Waals surface area contributed by atoms with Gasteiger partial charge in [-0.2, -0.15) is 9.97 Å². The number of carbonyl (C=O) groups is 1. The lowest BCUT2D eigenvalue weighted by molar-refractivity contribution is 0.142. The van der Waals surface area contributed by atoms with Gasteiger partial charge in [0.15, 0.2) is 0 Å². The molecule has 11 nitrogen and oxygen atoms in total. The number of benzene rings is 1. The molecule has 0 unspecified atom stereocenters. The smallest absolute Gasteiger partial charge is 0.416 e. The predicted molar refractivity (Wildman–Crippen MR) is 117 cm³/mol. The predicted octanol–water partition coefficient (Wildman–Crippen LogP) is 3.18. The summed E-state index contributed by atoms with van der Waals surface area (Å²) in [4.78, 5) is 26.4. The van der Waals surface area contributed by atoms with Gasteiger partial charge in [-0.25, -0.2) is 9.78 Å². The number of anilines is 2. The number of aliphatic hydroxyl groups is 1. The Labute approximate surface area is 191 Å². The zero-order chi connectivity index (χ0) is 22.8. The van der Waals surface area contributed by atoms with Crippen LogP contribution in [0.4, 0.5) is 16.6 Å². The molecule has 1 aromatic carbocycles. The second kappa shape index (κ2) is 9.09. The summed E-state index contributed by atoms with van der Waals surface area (Å²) in [5.41, 5.74) is 0.738. The molecule has 0 bridgehead atoms. The van der Waals surface area contributed by atoms with Crippen molar-refractivity contribution >= 4 is 33.8 Å². The number of hydrogen-bond acceptors (Lipinski definition) is 10. The molecule has 3 atom stereocenters. The molecule has 3 heterocycles. The fraction of sp³-hybridized carbons (Fsp3) is 0.350. The van der Waals surface area contributed by atoms with Gasteiger partial charge in [0.1, 0.15) is 30.3 Å². The molecule has 0 radical (unpaired) electrons. The van der Waals surface area contributed by atoms with Crippen LogP contribution in [0.1, 0.15) is 25.8 Å². The van der Waals surface area contributed by atoms with Gasteiger partial charge in [-0.1, -0.05) is 5.16 Å². The first-order chi connectivity index (χ1) is 15.4. The Morgan fingerprint density at radius 3 is 2.88 bits per heavy atom. The Kier molecular flexibility index (Phi) is 6.24. The van der Waals surface area contributed by atoms with Gasteiger partial charge >= 0.3 is 6.09 Å². The third-order valence-electron chi connectivity index (χ3n) is 4.92. The van der Waals surface area contributed by atoms with Crippen molar-refractivity contribution in [3.8, 4) is 17.1 Å².